The van der Waals surface area contributed by atoms with Crippen LogP contribution >= 0.6 is 11.6 Å². The molecule has 1 N–H and O–H groups in total. The number of rotatable bonds is 1. The Bertz CT molecular complexity index is 779. The van der Waals surface area contributed by atoms with E-state index in [0.29, 0.717) is 19.5 Å². The first-order chi connectivity index (χ1) is 11.3. The van der Waals surface area contributed by atoms with Crippen LogP contribution in [0.5, 0.6) is 0 Å². The Morgan fingerprint density at radius 2 is 2.04 bits per heavy atom. The maximum atomic E-state index is 12.7. The zero-order valence-corrected chi connectivity index (χ0v) is 13.2. The quantitative estimate of drug-likeness (QED) is 0.827. The number of urea groups is 1. The molecule has 0 spiro atoms. The number of pyridine rings is 1. The van der Waals surface area contributed by atoms with Gasteiger partial charge in [0.15, 0.2) is 0 Å². The van der Waals surface area contributed by atoms with Gasteiger partial charge in [0.05, 0.1) is 10.6 Å². The van der Waals surface area contributed by atoms with Crippen LogP contribution in [0.4, 0.5) is 23.7 Å². The Kier molecular flexibility index (Phi) is 4.36. The van der Waals surface area contributed by atoms with Gasteiger partial charge in [0.1, 0.15) is 0 Å². The molecule has 1 aliphatic heterocycles. The Hall–Kier alpha value is -2.28. The zero-order valence-electron chi connectivity index (χ0n) is 12.4. The number of nitrogens with zero attached hydrogens (tertiary/aromatic N) is 2. The van der Waals surface area contributed by atoms with Crippen molar-refractivity contribution in [2.45, 2.75) is 19.1 Å². The second-order valence-electron chi connectivity index (χ2n) is 5.44. The number of nitrogens with one attached hydrogen (secondary N) is 1. The molecule has 2 amide bonds. The number of halogens is 4. The van der Waals surface area contributed by atoms with E-state index in [0.717, 1.165) is 23.3 Å². The first-order valence-electron chi connectivity index (χ1n) is 7.19. The highest BCUT2D eigenvalue weighted by molar-refractivity contribution is 6.31. The Morgan fingerprint density at radius 1 is 1.25 bits per heavy atom. The molecular formula is C16H13ClF3N3O. The molecule has 8 heteroatoms. The van der Waals surface area contributed by atoms with Crippen LogP contribution in [0.3, 0.4) is 0 Å². The van der Waals surface area contributed by atoms with E-state index < -0.39 is 16.8 Å². The molecule has 0 atom stereocenters. The first-order valence-corrected chi connectivity index (χ1v) is 7.57. The molecule has 0 unspecified atom stereocenters. The van der Waals surface area contributed by atoms with Gasteiger partial charge < -0.3 is 10.2 Å². The van der Waals surface area contributed by atoms with Gasteiger partial charge in [-0.1, -0.05) is 11.6 Å². The highest BCUT2D eigenvalue weighted by Gasteiger charge is 2.33. The van der Waals surface area contributed by atoms with E-state index >= 15 is 0 Å². The van der Waals surface area contributed by atoms with E-state index in [1.165, 1.54) is 6.07 Å². The summed E-state index contributed by atoms with van der Waals surface area (Å²) < 4.78 is 38.1. The summed E-state index contributed by atoms with van der Waals surface area (Å²) in [6.07, 6.45) is -0.398. The van der Waals surface area contributed by atoms with E-state index in [-0.39, 0.29) is 11.7 Å². The van der Waals surface area contributed by atoms with Gasteiger partial charge in [-0.05, 0) is 41.8 Å². The molecule has 0 fully saturated rings. The molecule has 2 aromatic rings. The van der Waals surface area contributed by atoms with Crippen LogP contribution in [0, 0.1) is 0 Å². The number of hydrogen-bond donors (Lipinski definition) is 1. The smallest absolute Gasteiger partial charge is 0.320 e. The fourth-order valence-electron chi connectivity index (χ4n) is 2.58. The number of fused-ring (bicyclic) bond motifs is 1. The van der Waals surface area contributed by atoms with Crippen LogP contribution in [0.25, 0.3) is 0 Å². The molecule has 0 aliphatic carbocycles. The third kappa shape index (κ3) is 3.46. The second kappa shape index (κ2) is 6.32. The Labute approximate surface area is 141 Å². The van der Waals surface area contributed by atoms with Crippen LogP contribution in [0.15, 0.2) is 36.7 Å². The monoisotopic (exact) mass is 355 g/mol. The van der Waals surface area contributed by atoms with Crippen LogP contribution in [-0.2, 0) is 19.1 Å². The van der Waals surface area contributed by atoms with Crippen molar-refractivity contribution >= 4 is 23.3 Å². The van der Waals surface area contributed by atoms with Crippen LogP contribution in [-0.4, -0.2) is 22.5 Å². The minimum atomic E-state index is -4.52. The number of carbonyl (C=O) groups is 1. The van der Waals surface area contributed by atoms with Crippen molar-refractivity contribution in [3.8, 4) is 0 Å². The maximum absolute atomic E-state index is 12.7. The van der Waals surface area contributed by atoms with Crippen molar-refractivity contribution in [2.75, 3.05) is 11.9 Å². The third-order valence-corrected chi connectivity index (χ3v) is 4.14. The fourth-order valence-corrected chi connectivity index (χ4v) is 2.87. The molecule has 2 heterocycles. The Balaban J connectivity index is 1.71. The molecule has 0 bridgehead atoms. The number of aromatic nitrogens is 1. The second-order valence-corrected chi connectivity index (χ2v) is 5.85. The average Bonchev–Trinajstić information content (AvgIpc) is 2.53. The molecule has 0 radical (unpaired) electrons. The van der Waals surface area contributed by atoms with Gasteiger partial charge in [-0.2, -0.15) is 13.2 Å². The van der Waals surface area contributed by atoms with Crippen LogP contribution in [0.2, 0.25) is 5.02 Å². The van der Waals surface area contributed by atoms with Crippen molar-refractivity contribution in [1.82, 2.24) is 9.88 Å². The lowest BCUT2D eigenvalue weighted by molar-refractivity contribution is -0.137. The average molecular weight is 356 g/mol. The molecule has 1 aromatic carbocycles. The maximum Gasteiger partial charge on any atom is 0.417 e. The SMILES string of the molecule is O=C(Nc1ccc(C(F)(F)F)c(Cl)c1)N1CCc2ccncc2C1. The van der Waals surface area contributed by atoms with E-state index in [1.807, 2.05) is 6.07 Å². The summed E-state index contributed by atoms with van der Waals surface area (Å²) in [5, 5.41) is 2.13. The number of anilines is 1. The van der Waals surface area contributed by atoms with Gasteiger partial charge in [0.25, 0.3) is 0 Å². The molecule has 4 nitrogen and oxygen atoms in total. The van der Waals surface area contributed by atoms with Crippen molar-refractivity contribution in [3.63, 3.8) is 0 Å². The molecule has 1 aromatic heterocycles. The highest BCUT2D eigenvalue weighted by atomic mass is 35.5. The molecule has 3 rings (SSSR count). The molecule has 1 aliphatic rings. The number of hydrogen-bond acceptors (Lipinski definition) is 2. The van der Waals surface area contributed by atoms with Crippen LogP contribution in [0.1, 0.15) is 16.7 Å². The zero-order chi connectivity index (χ0) is 17.3. The molecule has 0 saturated carbocycles. The summed E-state index contributed by atoms with van der Waals surface area (Å²) in [5.41, 5.74) is 1.39. The van der Waals surface area contributed by atoms with E-state index in [2.05, 4.69) is 10.3 Å². The molecule has 126 valence electrons. The summed E-state index contributed by atoms with van der Waals surface area (Å²) in [7, 11) is 0. The summed E-state index contributed by atoms with van der Waals surface area (Å²) in [5.74, 6) is 0. The summed E-state index contributed by atoms with van der Waals surface area (Å²) >= 11 is 5.66. The van der Waals surface area contributed by atoms with Crippen molar-refractivity contribution in [1.29, 1.82) is 0 Å². The fraction of sp³-hybridized carbons (Fsp3) is 0.250. The highest BCUT2D eigenvalue weighted by Crippen LogP contribution is 2.35. The number of alkyl halides is 3. The summed E-state index contributed by atoms with van der Waals surface area (Å²) in [6.45, 7) is 0.931. The van der Waals surface area contributed by atoms with Crippen LogP contribution < -0.4 is 5.32 Å². The van der Waals surface area contributed by atoms with Gasteiger partial charge in [-0.25, -0.2) is 4.79 Å². The summed E-state index contributed by atoms with van der Waals surface area (Å²) in [6, 6.07) is 4.67. The minimum Gasteiger partial charge on any atom is -0.320 e. The number of benzene rings is 1. The van der Waals surface area contributed by atoms with Gasteiger partial charge in [-0.15, -0.1) is 0 Å². The number of amides is 2. The molecule has 24 heavy (non-hydrogen) atoms. The lowest BCUT2D eigenvalue weighted by Gasteiger charge is -2.28. The molecular weight excluding hydrogens is 343 g/mol. The van der Waals surface area contributed by atoms with E-state index in [1.54, 1.807) is 17.3 Å². The minimum absolute atomic E-state index is 0.218. The van der Waals surface area contributed by atoms with Crippen molar-refractivity contribution < 1.29 is 18.0 Å². The van der Waals surface area contributed by atoms with Crippen molar-refractivity contribution in [2.24, 2.45) is 0 Å². The largest absolute Gasteiger partial charge is 0.417 e. The standard InChI is InChI=1S/C16H13ClF3N3O/c17-14-7-12(1-2-13(14)16(18,19)20)22-15(24)23-6-4-10-3-5-21-8-11(10)9-23/h1-3,5,7-8H,4,6,9H2,(H,22,24). The Morgan fingerprint density at radius 3 is 2.75 bits per heavy atom. The van der Waals surface area contributed by atoms with E-state index in [9.17, 15) is 18.0 Å². The topological polar surface area (TPSA) is 45.2 Å². The van der Waals surface area contributed by atoms with Gasteiger partial charge in [-0.3, -0.25) is 4.98 Å². The lowest BCUT2D eigenvalue weighted by Crippen LogP contribution is -2.38. The van der Waals surface area contributed by atoms with Gasteiger partial charge in [0.2, 0.25) is 0 Å². The normalized spacial score (nSPS) is 14.2. The lowest BCUT2D eigenvalue weighted by atomic mass is 10.0. The molecule has 0 saturated heterocycles. The summed E-state index contributed by atoms with van der Waals surface area (Å²) in [4.78, 5) is 17.9. The predicted octanol–water partition coefficient (Wildman–Crippen LogP) is 4.34. The van der Waals surface area contributed by atoms with Gasteiger partial charge in [0, 0.05) is 31.2 Å². The van der Waals surface area contributed by atoms with Gasteiger partial charge >= 0.3 is 12.2 Å². The first kappa shape index (κ1) is 16.6. The van der Waals surface area contributed by atoms with E-state index in [4.69, 9.17) is 11.6 Å². The predicted molar refractivity (Wildman–Crippen MR) is 83.8 cm³/mol. The number of carbonyl (C=O) groups excluding carboxylic acids is 1. The van der Waals surface area contributed by atoms with Crippen molar-refractivity contribution in [3.05, 3.63) is 58.4 Å². The third-order valence-electron chi connectivity index (χ3n) is 3.83.